The van der Waals surface area contributed by atoms with Gasteiger partial charge in [-0.2, -0.15) is 0 Å². The first kappa shape index (κ1) is 18.5. The molecule has 1 amide bonds. The van der Waals surface area contributed by atoms with E-state index in [1.165, 1.54) is 42.7 Å². The molecule has 28 heavy (non-hydrogen) atoms. The Morgan fingerprint density at radius 1 is 1.04 bits per heavy atom. The van der Waals surface area contributed by atoms with Gasteiger partial charge in [0.2, 0.25) is 0 Å². The lowest BCUT2D eigenvalue weighted by Gasteiger charge is -2.10. The summed E-state index contributed by atoms with van der Waals surface area (Å²) < 4.78 is 0. The summed E-state index contributed by atoms with van der Waals surface area (Å²) in [5.74, 6) is -0.388. The third-order valence-electron chi connectivity index (χ3n) is 3.48. The van der Waals surface area contributed by atoms with E-state index < -0.39 is 0 Å². The SMILES string of the molecule is O=C(Nc1cccc(Sc2ncc3nc(Cl)cnc3n2)c1Cl)c1ccncn1. The van der Waals surface area contributed by atoms with Crippen molar-refractivity contribution in [2.75, 3.05) is 5.32 Å². The first-order valence-corrected chi connectivity index (χ1v) is 9.36. The molecule has 4 rings (SSSR count). The molecular formula is C17H9Cl2N7OS. The first-order valence-electron chi connectivity index (χ1n) is 7.79. The van der Waals surface area contributed by atoms with Crippen LogP contribution >= 0.6 is 35.0 Å². The molecule has 0 bridgehead atoms. The summed E-state index contributed by atoms with van der Waals surface area (Å²) in [4.78, 5) is 37.5. The summed E-state index contributed by atoms with van der Waals surface area (Å²) in [5.41, 5.74) is 1.60. The van der Waals surface area contributed by atoms with Crippen LogP contribution in [-0.2, 0) is 0 Å². The first-order chi connectivity index (χ1) is 13.6. The fraction of sp³-hybridized carbons (Fsp3) is 0. The van der Waals surface area contributed by atoms with Gasteiger partial charge in [0, 0.05) is 11.1 Å². The monoisotopic (exact) mass is 429 g/mol. The van der Waals surface area contributed by atoms with Crippen LogP contribution < -0.4 is 5.32 Å². The molecule has 0 aliphatic rings. The van der Waals surface area contributed by atoms with Gasteiger partial charge in [0.1, 0.15) is 22.7 Å². The van der Waals surface area contributed by atoms with E-state index in [1.807, 2.05) is 0 Å². The maximum absolute atomic E-state index is 12.3. The highest BCUT2D eigenvalue weighted by molar-refractivity contribution is 7.99. The van der Waals surface area contributed by atoms with Gasteiger partial charge < -0.3 is 5.32 Å². The molecule has 0 unspecified atom stereocenters. The molecule has 0 radical (unpaired) electrons. The van der Waals surface area contributed by atoms with E-state index in [1.54, 1.807) is 18.2 Å². The van der Waals surface area contributed by atoms with E-state index in [0.717, 1.165) is 0 Å². The van der Waals surface area contributed by atoms with Gasteiger partial charge in [0.05, 0.1) is 23.1 Å². The highest BCUT2D eigenvalue weighted by Gasteiger charge is 2.14. The second-order valence-electron chi connectivity index (χ2n) is 5.32. The van der Waals surface area contributed by atoms with Crippen LogP contribution in [0.4, 0.5) is 5.69 Å². The van der Waals surface area contributed by atoms with Crippen molar-refractivity contribution in [2.45, 2.75) is 10.1 Å². The molecule has 0 atom stereocenters. The van der Waals surface area contributed by atoms with E-state index in [4.69, 9.17) is 23.2 Å². The summed E-state index contributed by atoms with van der Waals surface area (Å²) in [6.45, 7) is 0. The lowest BCUT2D eigenvalue weighted by molar-refractivity contribution is 0.102. The summed E-state index contributed by atoms with van der Waals surface area (Å²) in [6.07, 6.45) is 5.75. The van der Waals surface area contributed by atoms with Gasteiger partial charge in [-0.25, -0.2) is 29.9 Å². The molecule has 0 aliphatic heterocycles. The van der Waals surface area contributed by atoms with Gasteiger partial charge in [-0.15, -0.1) is 0 Å². The number of carbonyl (C=O) groups excluding carboxylic acids is 1. The second kappa shape index (κ2) is 8.01. The van der Waals surface area contributed by atoms with E-state index in [0.29, 0.717) is 31.9 Å². The average Bonchev–Trinajstić information content (AvgIpc) is 2.71. The van der Waals surface area contributed by atoms with Crippen molar-refractivity contribution in [3.63, 3.8) is 0 Å². The fourth-order valence-electron chi connectivity index (χ4n) is 2.23. The van der Waals surface area contributed by atoms with Crippen LogP contribution in [0.5, 0.6) is 0 Å². The number of hydrogen-bond donors (Lipinski definition) is 1. The number of nitrogens with zero attached hydrogens (tertiary/aromatic N) is 6. The van der Waals surface area contributed by atoms with Crippen molar-refractivity contribution in [3.8, 4) is 0 Å². The number of fused-ring (bicyclic) bond motifs is 1. The van der Waals surface area contributed by atoms with Crippen LogP contribution in [0.3, 0.4) is 0 Å². The minimum atomic E-state index is -0.388. The zero-order chi connectivity index (χ0) is 19.5. The Bertz CT molecular complexity index is 1180. The molecule has 0 spiro atoms. The fourth-order valence-corrected chi connectivity index (χ4v) is 3.44. The molecule has 3 heterocycles. The maximum atomic E-state index is 12.3. The average molecular weight is 430 g/mol. The Labute approximate surface area is 172 Å². The van der Waals surface area contributed by atoms with Gasteiger partial charge in [-0.1, -0.05) is 29.3 Å². The normalized spacial score (nSPS) is 10.8. The van der Waals surface area contributed by atoms with Crippen molar-refractivity contribution >= 4 is 57.7 Å². The number of halogens is 2. The Balaban J connectivity index is 1.58. The number of hydrogen-bond acceptors (Lipinski definition) is 8. The number of nitrogens with one attached hydrogen (secondary N) is 1. The maximum Gasteiger partial charge on any atom is 0.274 e. The highest BCUT2D eigenvalue weighted by atomic mass is 35.5. The molecule has 138 valence electrons. The van der Waals surface area contributed by atoms with E-state index in [-0.39, 0.29) is 16.8 Å². The van der Waals surface area contributed by atoms with Crippen molar-refractivity contribution < 1.29 is 4.79 Å². The number of anilines is 1. The molecule has 1 N–H and O–H groups in total. The zero-order valence-electron chi connectivity index (χ0n) is 13.9. The molecule has 1 aromatic carbocycles. The van der Waals surface area contributed by atoms with Crippen molar-refractivity contribution in [3.05, 3.63) is 65.1 Å². The molecule has 4 aromatic rings. The Kier molecular flexibility index (Phi) is 5.29. The quantitative estimate of drug-likeness (QED) is 0.486. The predicted octanol–water partition coefficient (Wildman–Crippen LogP) is 3.92. The third kappa shape index (κ3) is 4.01. The van der Waals surface area contributed by atoms with Crippen LogP contribution in [-0.4, -0.2) is 35.8 Å². The lowest BCUT2D eigenvalue weighted by atomic mass is 10.3. The zero-order valence-corrected chi connectivity index (χ0v) is 16.2. The van der Waals surface area contributed by atoms with Crippen LogP contribution in [0, 0.1) is 0 Å². The van der Waals surface area contributed by atoms with E-state index >= 15 is 0 Å². The van der Waals surface area contributed by atoms with Gasteiger partial charge in [0.25, 0.3) is 5.91 Å². The summed E-state index contributed by atoms with van der Waals surface area (Å²) in [7, 11) is 0. The number of aromatic nitrogens is 6. The third-order valence-corrected chi connectivity index (χ3v) is 5.12. The Morgan fingerprint density at radius 3 is 2.75 bits per heavy atom. The van der Waals surface area contributed by atoms with E-state index in [9.17, 15) is 4.79 Å². The molecule has 8 nitrogen and oxygen atoms in total. The molecule has 0 saturated carbocycles. The molecule has 11 heteroatoms. The van der Waals surface area contributed by atoms with E-state index in [2.05, 4.69) is 35.2 Å². The standard InChI is InChI=1S/C17H9Cl2N7OS/c18-13-7-21-15-11(24-13)6-22-17(26-15)28-12-3-1-2-9(14(12)19)25-16(27)10-4-5-20-8-23-10/h1-8H,(H,25,27). The largest absolute Gasteiger partial charge is 0.319 e. The number of carbonyl (C=O) groups is 1. The molecular weight excluding hydrogens is 421 g/mol. The number of amides is 1. The smallest absolute Gasteiger partial charge is 0.274 e. The number of rotatable bonds is 4. The van der Waals surface area contributed by atoms with Gasteiger partial charge >= 0.3 is 0 Å². The van der Waals surface area contributed by atoms with Crippen LogP contribution in [0.2, 0.25) is 10.2 Å². The van der Waals surface area contributed by atoms with Gasteiger partial charge in [0.15, 0.2) is 10.8 Å². The predicted molar refractivity (Wildman–Crippen MR) is 106 cm³/mol. The summed E-state index contributed by atoms with van der Waals surface area (Å²) >= 11 is 13.5. The van der Waals surface area contributed by atoms with Gasteiger partial charge in [-0.3, -0.25) is 4.79 Å². The second-order valence-corrected chi connectivity index (χ2v) is 7.10. The van der Waals surface area contributed by atoms with Gasteiger partial charge in [-0.05, 0) is 30.0 Å². The highest BCUT2D eigenvalue weighted by Crippen LogP contribution is 2.36. The van der Waals surface area contributed by atoms with Crippen molar-refractivity contribution in [2.24, 2.45) is 0 Å². The van der Waals surface area contributed by atoms with Crippen LogP contribution in [0.1, 0.15) is 10.5 Å². The Hall–Kier alpha value is -2.88. The van der Waals surface area contributed by atoms with Crippen molar-refractivity contribution in [1.82, 2.24) is 29.9 Å². The molecule has 3 aromatic heterocycles. The minimum Gasteiger partial charge on any atom is -0.319 e. The number of benzene rings is 1. The molecule has 0 aliphatic carbocycles. The van der Waals surface area contributed by atoms with Crippen molar-refractivity contribution in [1.29, 1.82) is 0 Å². The molecule has 0 fully saturated rings. The summed E-state index contributed by atoms with van der Waals surface area (Å²) in [6, 6.07) is 6.77. The summed E-state index contributed by atoms with van der Waals surface area (Å²) in [5, 5.41) is 3.80. The Morgan fingerprint density at radius 2 is 1.93 bits per heavy atom. The minimum absolute atomic E-state index is 0.235. The van der Waals surface area contributed by atoms with Crippen LogP contribution in [0.15, 0.2) is 59.2 Å². The van der Waals surface area contributed by atoms with Crippen LogP contribution in [0.25, 0.3) is 11.2 Å². The topological polar surface area (TPSA) is 106 Å². The lowest BCUT2D eigenvalue weighted by Crippen LogP contribution is -2.14. The molecule has 0 saturated heterocycles.